The quantitative estimate of drug-likeness (QED) is 0.582. The Morgan fingerprint density at radius 1 is 1.13 bits per heavy atom. The van der Waals surface area contributed by atoms with Crippen molar-refractivity contribution in [3.63, 3.8) is 0 Å². The third-order valence-electron chi connectivity index (χ3n) is 2.81. The first-order chi connectivity index (χ1) is 11.0. The van der Waals surface area contributed by atoms with Gasteiger partial charge < -0.3 is 14.8 Å². The number of hydrogen-bond donors (Lipinski definition) is 1. The van der Waals surface area contributed by atoms with Crippen LogP contribution in [0, 0.1) is 0 Å². The molecule has 0 heterocycles. The minimum Gasteiger partial charge on any atom is -0.466 e. The van der Waals surface area contributed by atoms with E-state index in [9.17, 15) is 14.4 Å². The monoisotopic (exact) mass is 319 g/mol. The number of ether oxygens (including phenoxy) is 2. The standard InChI is InChI=1S/C17H21NO5/c1-13(19)22-11-10-16(23-14(2)20)12-18-17(21)9-8-15-6-4-3-5-7-15/h3-9,16H,10-12H2,1-2H3,(H,18,21)/b9-8+/t16-/m1/s1. The zero-order chi connectivity index (χ0) is 17.1. The number of carbonyl (C=O) groups is 3. The van der Waals surface area contributed by atoms with Gasteiger partial charge in [0.1, 0.15) is 6.10 Å². The third-order valence-corrected chi connectivity index (χ3v) is 2.81. The fraction of sp³-hybridized carbons (Fsp3) is 0.353. The van der Waals surface area contributed by atoms with Crippen LogP contribution in [0.1, 0.15) is 25.8 Å². The zero-order valence-corrected chi connectivity index (χ0v) is 13.3. The van der Waals surface area contributed by atoms with Gasteiger partial charge in [-0.05, 0) is 11.6 Å². The molecule has 0 radical (unpaired) electrons. The minimum absolute atomic E-state index is 0.128. The van der Waals surface area contributed by atoms with E-state index in [1.807, 2.05) is 30.3 Å². The molecule has 0 bridgehead atoms. The van der Waals surface area contributed by atoms with E-state index in [2.05, 4.69) is 5.32 Å². The second-order valence-corrected chi connectivity index (χ2v) is 4.85. The largest absolute Gasteiger partial charge is 0.466 e. The maximum atomic E-state index is 11.8. The van der Waals surface area contributed by atoms with Crippen molar-refractivity contribution in [2.24, 2.45) is 0 Å². The first kappa shape index (κ1) is 18.4. The number of nitrogens with one attached hydrogen (secondary N) is 1. The molecule has 0 spiro atoms. The van der Waals surface area contributed by atoms with Crippen LogP contribution in [-0.2, 0) is 23.9 Å². The molecule has 124 valence electrons. The molecule has 1 N–H and O–H groups in total. The van der Waals surface area contributed by atoms with E-state index in [0.717, 1.165) is 5.56 Å². The maximum absolute atomic E-state index is 11.8. The Hall–Kier alpha value is -2.63. The van der Waals surface area contributed by atoms with Crippen molar-refractivity contribution < 1.29 is 23.9 Å². The molecule has 0 saturated carbocycles. The van der Waals surface area contributed by atoms with Crippen LogP contribution in [0.5, 0.6) is 0 Å². The summed E-state index contributed by atoms with van der Waals surface area (Å²) in [5.74, 6) is -1.15. The summed E-state index contributed by atoms with van der Waals surface area (Å²) in [6.45, 7) is 2.87. The Morgan fingerprint density at radius 2 is 1.83 bits per heavy atom. The van der Waals surface area contributed by atoms with Crippen LogP contribution in [0.4, 0.5) is 0 Å². The molecule has 0 fully saturated rings. The smallest absolute Gasteiger partial charge is 0.302 e. The van der Waals surface area contributed by atoms with Crippen LogP contribution < -0.4 is 5.32 Å². The maximum Gasteiger partial charge on any atom is 0.302 e. The predicted octanol–water partition coefficient (Wildman–Crippen LogP) is 1.70. The first-order valence-electron chi connectivity index (χ1n) is 7.29. The lowest BCUT2D eigenvalue weighted by atomic mass is 10.2. The Bertz CT molecular complexity index is 553. The highest BCUT2D eigenvalue weighted by molar-refractivity contribution is 5.91. The van der Waals surface area contributed by atoms with Crippen molar-refractivity contribution in [3.8, 4) is 0 Å². The molecule has 0 saturated heterocycles. The molecule has 1 aromatic carbocycles. The Morgan fingerprint density at radius 3 is 2.43 bits per heavy atom. The average molecular weight is 319 g/mol. The molecule has 23 heavy (non-hydrogen) atoms. The summed E-state index contributed by atoms with van der Waals surface area (Å²) < 4.78 is 9.89. The van der Waals surface area contributed by atoms with Crippen LogP contribution >= 0.6 is 0 Å². The SMILES string of the molecule is CC(=O)OCC[C@H](CNC(=O)/C=C/c1ccccc1)OC(C)=O. The minimum atomic E-state index is -0.541. The fourth-order valence-corrected chi connectivity index (χ4v) is 1.78. The number of benzene rings is 1. The van der Waals surface area contributed by atoms with Gasteiger partial charge in [0.25, 0.3) is 0 Å². The molecular weight excluding hydrogens is 298 g/mol. The molecule has 6 heteroatoms. The van der Waals surface area contributed by atoms with Crippen LogP contribution in [0.3, 0.4) is 0 Å². The summed E-state index contributed by atoms with van der Waals surface area (Å²) in [5.41, 5.74) is 0.911. The van der Waals surface area contributed by atoms with Gasteiger partial charge in [-0.15, -0.1) is 0 Å². The van der Waals surface area contributed by atoms with Crippen molar-refractivity contribution in [1.82, 2.24) is 5.32 Å². The summed E-state index contributed by atoms with van der Waals surface area (Å²) in [7, 11) is 0. The number of carbonyl (C=O) groups excluding carboxylic acids is 3. The van der Waals surface area contributed by atoms with E-state index in [4.69, 9.17) is 9.47 Å². The second kappa shape index (κ2) is 10.2. The van der Waals surface area contributed by atoms with Crippen LogP contribution in [0.2, 0.25) is 0 Å². The Labute approximate surface area is 135 Å². The lowest BCUT2D eigenvalue weighted by molar-refractivity contribution is -0.148. The summed E-state index contributed by atoms with van der Waals surface area (Å²) in [4.78, 5) is 33.5. The highest BCUT2D eigenvalue weighted by atomic mass is 16.6. The van der Waals surface area contributed by atoms with E-state index >= 15 is 0 Å². The summed E-state index contributed by atoms with van der Waals surface area (Å²) in [6.07, 6.45) is 2.88. The lowest BCUT2D eigenvalue weighted by Gasteiger charge is -2.17. The van der Waals surface area contributed by atoms with E-state index < -0.39 is 18.0 Å². The van der Waals surface area contributed by atoms with Gasteiger partial charge in [0.2, 0.25) is 5.91 Å². The third kappa shape index (κ3) is 9.08. The number of hydrogen-bond acceptors (Lipinski definition) is 5. The molecular formula is C17H21NO5. The number of esters is 2. The Balaban J connectivity index is 2.42. The molecule has 0 unspecified atom stereocenters. The summed E-state index contributed by atoms with van der Waals surface area (Å²) in [6, 6.07) is 9.41. The van der Waals surface area contributed by atoms with Crippen molar-refractivity contribution in [2.75, 3.05) is 13.2 Å². The predicted molar refractivity (Wildman–Crippen MR) is 85.3 cm³/mol. The van der Waals surface area contributed by atoms with E-state index in [-0.39, 0.29) is 19.1 Å². The molecule has 0 aliphatic heterocycles. The Kier molecular flexibility index (Phi) is 8.13. The van der Waals surface area contributed by atoms with Gasteiger partial charge in [-0.1, -0.05) is 30.3 Å². The van der Waals surface area contributed by atoms with Gasteiger partial charge >= 0.3 is 11.9 Å². The van der Waals surface area contributed by atoms with E-state index in [1.165, 1.54) is 19.9 Å². The van der Waals surface area contributed by atoms with Gasteiger partial charge in [0.05, 0.1) is 13.2 Å². The lowest BCUT2D eigenvalue weighted by Crippen LogP contribution is -2.34. The van der Waals surface area contributed by atoms with Crippen molar-refractivity contribution >= 4 is 23.9 Å². The van der Waals surface area contributed by atoms with Crippen LogP contribution in [-0.4, -0.2) is 37.1 Å². The number of rotatable bonds is 8. The first-order valence-corrected chi connectivity index (χ1v) is 7.29. The molecule has 0 aliphatic carbocycles. The van der Waals surface area contributed by atoms with Crippen molar-refractivity contribution in [3.05, 3.63) is 42.0 Å². The van der Waals surface area contributed by atoms with Crippen molar-refractivity contribution in [2.45, 2.75) is 26.4 Å². The van der Waals surface area contributed by atoms with Gasteiger partial charge in [-0.2, -0.15) is 0 Å². The molecule has 0 aliphatic rings. The van der Waals surface area contributed by atoms with E-state index in [1.54, 1.807) is 6.08 Å². The fourth-order valence-electron chi connectivity index (χ4n) is 1.78. The van der Waals surface area contributed by atoms with Gasteiger partial charge in [0, 0.05) is 26.3 Å². The highest BCUT2D eigenvalue weighted by Gasteiger charge is 2.13. The molecule has 1 aromatic rings. The highest BCUT2D eigenvalue weighted by Crippen LogP contribution is 2.02. The zero-order valence-electron chi connectivity index (χ0n) is 13.3. The second-order valence-electron chi connectivity index (χ2n) is 4.85. The number of amides is 1. The van der Waals surface area contributed by atoms with Crippen LogP contribution in [0.15, 0.2) is 36.4 Å². The molecule has 1 rings (SSSR count). The van der Waals surface area contributed by atoms with E-state index in [0.29, 0.717) is 6.42 Å². The van der Waals surface area contributed by atoms with Gasteiger partial charge in [-0.3, -0.25) is 14.4 Å². The topological polar surface area (TPSA) is 81.7 Å². The molecule has 0 aromatic heterocycles. The summed E-state index contributed by atoms with van der Waals surface area (Å²) in [5, 5.41) is 2.65. The van der Waals surface area contributed by atoms with Gasteiger partial charge in [0.15, 0.2) is 0 Å². The summed E-state index contributed by atoms with van der Waals surface area (Å²) >= 11 is 0. The molecule has 1 atom stereocenters. The van der Waals surface area contributed by atoms with Crippen molar-refractivity contribution in [1.29, 1.82) is 0 Å². The molecule has 6 nitrogen and oxygen atoms in total. The average Bonchev–Trinajstić information content (AvgIpc) is 2.50. The molecule has 1 amide bonds. The normalized spacial score (nSPS) is 11.7. The van der Waals surface area contributed by atoms with Gasteiger partial charge in [-0.25, -0.2) is 0 Å². The van der Waals surface area contributed by atoms with Crippen LogP contribution in [0.25, 0.3) is 6.08 Å².